The van der Waals surface area contributed by atoms with Crippen LogP contribution in [0.15, 0.2) is 6.07 Å². The molecule has 1 N–H and O–H groups in total. The van der Waals surface area contributed by atoms with E-state index in [4.69, 9.17) is 4.74 Å². The molecule has 0 atom stereocenters. The summed E-state index contributed by atoms with van der Waals surface area (Å²) < 4.78 is 5.69. The van der Waals surface area contributed by atoms with Gasteiger partial charge in [-0.3, -0.25) is 9.78 Å². The topological polar surface area (TPSA) is 51.2 Å². The highest BCUT2D eigenvalue weighted by Gasteiger charge is 2.16. The molecule has 1 aromatic heterocycles. The smallest absolute Gasteiger partial charge is 0.250 e. The predicted octanol–water partition coefficient (Wildman–Crippen LogP) is 3.29. The van der Waals surface area contributed by atoms with Gasteiger partial charge in [0.2, 0.25) is 5.91 Å². The van der Waals surface area contributed by atoms with Crippen LogP contribution in [0.25, 0.3) is 0 Å². The highest BCUT2D eigenvalue weighted by atomic mass is 16.5. The van der Waals surface area contributed by atoms with Crippen molar-refractivity contribution in [2.45, 2.75) is 59.0 Å². The number of pyridine rings is 1. The first-order valence-corrected chi connectivity index (χ1v) is 7.42. The van der Waals surface area contributed by atoms with Gasteiger partial charge in [0, 0.05) is 5.69 Å². The van der Waals surface area contributed by atoms with Gasteiger partial charge in [-0.05, 0) is 45.2 Å². The van der Waals surface area contributed by atoms with E-state index in [1.807, 2.05) is 26.8 Å². The van der Waals surface area contributed by atoms with Gasteiger partial charge >= 0.3 is 0 Å². The number of anilines is 1. The fourth-order valence-electron chi connectivity index (χ4n) is 2.81. The van der Waals surface area contributed by atoms with E-state index in [-0.39, 0.29) is 18.6 Å². The number of nitrogens with one attached hydrogen (secondary N) is 1. The zero-order chi connectivity index (χ0) is 14.5. The third-order valence-electron chi connectivity index (χ3n) is 3.79. The molecular formula is C16H24N2O2. The maximum absolute atomic E-state index is 12.0. The summed E-state index contributed by atoms with van der Waals surface area (Å²) >= 11 is 0. The first kappa shape index (κ1) is 15.0. The average molecular weight is 276 g/mol. The third-order valence-corrected chi connectivity index (χ3v) is 3.79. The molecule has 0 bridgehead atoms. The van der Waals surface area contributed by atoms with Gasteiger partial charge < -0.3 is 10.1 Å². The predicted molar refractivity (Wildman–Crippen MR) is 79.9 cm³/mol. The summed E-state index contributed by atoms with van der Waals surface area (Å²) in [5.74, 6) is -0.0903. The van der Waals surface area contributed by atoms with E-state index in [9.17, 15) is 4.79 Å². The van der Waals surface area contributed by atoms with E-state index in [1.54, 1.807) is 0 Å². The van der Waals surface area contributed by atoms with E-state index >= 15 is 0 Å². The van der Waals surface area contributed by atoms with Crippen molar-refractivity contribution in [1.82, 2.24) is 4.98 Å². The Morgan fingerprint density at radius 2 is 2.00 bits per heavy atom. The Morgan fingerprint density at radius 1 is 1.30 bits per heavy atom. The summed E-state index contributed by atoms with van der Waals surface area (Å²) in [6.45, 7) is 5.99. The van der Waals surface area contributed by atoms with Gasteiger partial charge in [-0.15, -0.1) is 0 Å². The van der Waals surface area contributed by atoms with Crippen molar-refractivity contribution < 1.29 is 9.53 Å². The molecule has 2 rings (SSSR count). The van der Waals surface area contributed by atoms with Crippen LogP contribution in [0.2, 0.25) is 0 Å². The Balaban J connectivity index is 1.88. The number of nitrogens with zero attached hydrogens (tertiary/aromatic N) is 1. The molecule has 110 valence electrons. The van der Waals surface area contributed by atoms with Crippen molar-refractivity contribution in [1.29, 1.82) is 0 Å². The van der Waals surface area contributed by atoms with Crippen LogP contribution >= 0.6 is 0 Å². The normalized spacial score (nSPS) is 16.1. The van der Waals surface area contributed by atoms with Crippen molar-refractivity contribution in [3.63, 3.8) is 0 Å². The lowest BCUT2D eigenvalue weighted by Crippen LogP contribution is -2.25. The fraction of sp³-hybridized carbons (Fsp3) is 0.625. The second kappa shape index (κ2) is 6.84. The van der Waals surface area contributed by atoms with E-state index in [0.29, 0.717) is 0 Å². The Hall–Kier alpha value is -1.42. The van der Waals surface area contributed by atoms with Gasteiger partial charge in [-0.2, -0.15) is 0 Å². The molecule has 1 fully saturated rings. The quantitative estimate of drug-likeness (QED) is 0.918. The number of carbonyl (C=O) groups excluding carboxylic acids is 1. The Bertz CT molecular complexity index is 456. The van der Waals surface area contributed by atoms with Crippen LogP contribution in [-0.2, 0) is 9.53 Å². The molecule has 1 heterocycles. The minimum absolute atomic E-state index is 0.0903. The van der Waals surface area contributed by atoms with E-state index in [2.05, 4.69) is 10.3 Å². The van der Waals surface area contributed by atoms with Gasteiger partial charge in [0.15, 0.2) is 0 Å². The summed E-state index contributed by atoms with van der Waals surface area (Å²) in [7, 11) is 0. The van der Waals surface area contributed by atoms with Crippen molar-refractivity contribution in [2.75, 3.05) is 11.9 Å². The van der Waals surface area contributed by atoms with Crippen LogP contribution in [0.1, 0.15) is 49.1 Å². The number of hydrogen-bond acceptors (Lipinski definition) is 3. The second-order valence-electron chi connectivity index (χ2n) is 5.66. The largest absolute Gasteiger partial charge is 0.368 e. The highest BCUT2D eigenvalue weighted by Crippen LogP contribution is 2.21. The van der Waals surface area contributed by atoms with Gasteiger partial charge in [0.25, 0.3) is 0 Å². The highest BCUT2D eigenvalue weighted by molar-refractivity contribution is 5.93. The Kier molecular flexibility index (Phi) is 5.12. The van der Waals surface area contributed by atoms with E-state index < -0.39 is 0 Å². The molecule has 0 spiro atoms. The van der Waals surface area contributed by atoms with Gasteiger partial charge in [0.1, 0.15) is 6.61 Å². The molecule has 1 saturated carbocycles. The van der Waals surface area contributed by atoms with Crippen molar-refractivity contribution in [2.24, 2.45) is 0 Å². The number of amides is 1. The minimum Gasteiger partial charge on any atom is -0.368 e. The molecule has 20 heavy (non-hydrogen) atoms. The number of rotatable bonds is 4. The van der Waals surface area contributed by atoms with Crippen LogP contribution in [0.3, 0.4) is 0 Å². The minimum atomic E-state index is -0.0903. The van der Waals surface area contributed by atoms with Crippen LogP contribution in [0.4, 0.5) is 5.69 Å². The molecule has 1 aromatic rings. The van der Waals surface area contributed by atoms with Crippen LogP contribution in [0.5, 0.6) is 0 Å². The molecule has 0 aromatic carbocycles. The zero-order valence-electron chi connectivity index (χ0n) is 12.7. The van der Waals surface area contributed by atoms with E-state index in [1.165, 1.54) is 19.3 Å². The molecule has 1 aliphatic rings. The number of carbonyl (C=O) groups is 1. The van der Waals surface area contributed by atoms with Crippen LogP contribution in [-0.4, -0.2) is 23.6 Å². The SMILES string of the molecule is Cc1cc(C)c(NC(=O)COC2CCCCC2)c(C)n1. The monoisotopic (exact) mass is 276 g/mol. The lowest BCUT2D eigenvalue weighted by molar-refractivity contribution is -0.123. The summed E-state index contributed by atoms with van der Waals surface area (Å²) in [5, 5.41) is 2.92. The standard InChI is InChI=1S/C16H24N2O2/c1-11-9-12(2)17-13(3)16(11)18-15(19)10-20-14-7-5-4-6-8-14/h9,14H,4-8,10H2,1-3H3,(H,18,19). The van der Waals surface area contributed by atoms with Crippen LogP contribution in [0, 0.1) is 20.8 Å². The van der Waals surface area contributed by atoms with Gasteiger partial charge in [-0.25, -0.2) is 0 Å². The lowest BCUT2D eigenvalue weighted by Gasteiger charge is -2.21. The molecular weight excluding hydrogens is 252 g/mol. The van der Waals surface area contributed by atoms with E-state index in [0.717, 1.165) is 35.5 Å². The number of hydrogen-bond donors (Lipinski definition) is 1. The first-order chi connectivity index (χ1) is 9.56. The Morgan fingerprint density at radius 3 is 2.65 bits per heavy atom. The van der Waals surface area contributed by atoms with Crippen molar-refractivity contribution in [3.05, 3.63) is 23.0 Å². The fourth-order valence-corrected chi connectivity index (χ4v) is 2.81. The number of aromatic nitrogens is 1. The third kappa shape index (κ3) is 4.04. The number of aryl methyl sites for hydroxylation is 3. The molecule has 4 heteroatoms. The Labute approximate surface area is 120 Å². The summed E-state index contributed by atoms with van der Waals surface area (Å²) in [6.07, 6.45) is 6.14. The molecule has 1 amide bonds. The summed E-state index contributed by atoms with van der Waals surface area (Å²) in [6, 6.07) is 1.98. The molecule has 4 nitrogen and oxygen atoms in total. The van der Waals surface area contributed by atoms with Gasteiger partial charge in [0.05, 0.1) is 17.5 Å². The average Bonchev–Trinajstić information content (AvgIpc) is 2.42. The van der Waals surface area contributed by atoms with Crippen molar-refractivity contribution >= 4 is 11.6 Å². The summed E-state index contributed by atoms with van der Waals surface area (Å²) in [4.78, 5) is 16.4. The first-order valence-electron chi connectivity index (χ1n) is 7.42. The molecule has 1 aliphatic carbocycles. The lowest BCUT2D eigenvalue weighted by atomic mass is 9.98. The second-order valence-corrected chi connectivity index (χ2v) is 5.66. The molecule has 0 saturated heterocycles. The zero-order valence-corrected chi connectivity index (χ0v) is 12.7. The maximum Gasteiger partial charge on any atom is 0.250 e. The number of ether oxygens (including phenoxy) is 1. The summed E-state index contributed by atoms with van der Waals surface area (Å²) in [5.41, 5.74) is 3.68. The molecule has 0 unspecified atom stereocenters. The molecule has 0 aliphatic heterocycles. The van der Waals surface area contributed by atoms with Gasteiger partial charge in [-0.1, -0.05) is 19.3 Å². The maximum atomic E-state index is 12.0. The molecule has 0 radical (unpaired) electrons. The van der Waals surface area contributed by atoms with Crippen molar-refractivity contribution in [3.8, 4) is 0 Å². The van der Waals surface area contributed by atoms with Crippen LogP contribution < -0.4 is 5.32 Å².